The molecule has 0 fully saturated rings. The highest BCUT2D eigenvalue weighted by atomic mass is 35.5. The molecule has 0 aliphatic heterocycles. The third-order valence-corrected chi connectivity index (χ3v) is 2.30. The highest BCUT2D eigenvalue weighted by molar-refractivity contribution is 6.30. The molecule has 0 aliphatic carbocycles. The maximum Gasteiger partial charge on any atom is 0.339 e. The standard InChI is InChI=1S/C12H7ClFNO3/c13-7-4-8(6-15-5-7)18-11-9(12(16)17)2-1-3-10(11)14/h1-6H,(H,16,17). The second kappa shape index (κ2) is 5.01. The van der Waals surface area contributed by atoms with Crippen LogP contribution in [-0.4, -0.2) is 16.1 Å². The van der Waals surface area contributed by atoms with E-state index in [1.807, 2.05) is 0 Å². The number of aromatic carboxylic acids is 1. The van der Waals surface area contributed by atoms with Crippen molar-refractivity contribution in [2.45, 2.75) is 0 Å². The average molecular weight is 268 g/mol. The van der Waals surface area contributed by atoms with Crippen LogP contribution in [0.15, 0.2) is 36.7 Å². The molecule has 2 aromatic rings. The third kappa shape index (κ3) is 2.57. The lowest BCUT2D eigenvalue weighted by Gasteiger charge is -2.09. The average Bonchev–Trinajstić information content (AvgIpc) is 2.31. The molecule has 18 heavy (non-hydrogen) atoms. The lowest BCUT2D eigenvalue weighted by Crippen LogP contribution is -2.02. The van der Waals surface area contributed by atoms with Crippen molar-refractivity contribution in [3.63, 3.8) is 0 Å². The van der Waals surface area contributed by atoms with Crippen molar-refractivity contribution in [2.75, 3.05) is 0 Å². The van der Waals surface area contributed by atoms with Gasteiger partial charge in [-0.2, -0.15) is 0 Å². The summed E-state index contributed by atoms with van der Waals surface area (Å²) >= 11 is 5.70. The molecule has 0 saturated carbocycles. The maximum absolute atomic E-state index is 13.6. The fourth-order valence-electron chi connectivity index (χ4n) is 1.35. The minimum Gasteiger partial charge on any atom is -0.478 e. The molecule has 0 radical (unpaired) electrons. The molecule has 0 atom stereocenters. The number of hydrogen-bond acceptors (Lipinski definition) is 3. The molecule has 6 heteroatoms. The van der Waals surface area contributed by atoms with Gasteiger partial charge in [-0.25, -0.2) is 9.18 Å². The minimum atomic E-state index is -1.28. The number of benzene rings is 1. The first-order valence-corrected chi connectivity index (χ1v) is 5.26. The molecule has 92 valence electrons. The van der Waals surface area contributed by atoms with Gasteiger partial charge >= 0.3 is 5.97 Å². The second-order valence-corrected chi connectivity index (χ2v) is 3.80. The van der Waals surface area contributed by atoms with Crippen LogP contribution in [0.2, 0.25) is 5.02 Å². The number of pyridine rings is 1. The van der Waals surface area contributed by atoms with Crippen molar-refractivity contribution in [3.8, 4) is 11.5 Å². The summed E-state index contributed by atoms with van der Waals surface area (Å²) in [6.07, 6.45) is 2.69. The smallest absolute Gasteiger partial charge is 0.339 e. The predicted octanol–water partition coefficient (Wildman–Crippen LogP) is 3.36. The lowest BCUT2D eigenvalue weighted by molar-refractivity contribution is 0.0693. The van der Waals surface area contributed by atoms with Gasteiger partial charge in [0.15, 0.2) is 11.6 Å². The van der Waals surface area contributed by atoms with Crippen LogP contribution in [0.5, 0.6) is 11.5 Å². The fourth-order valence-corrected chi connectivity index (χ4v) is 1.51. The summed E-state index contributed by atoms with van der Waals surface area (Å²) < 4.78 is 18.7. The number of ether oxygens (including phenoxy) is 1. The van der Waals surface area contributed by atoms with Crippen LogP contribution in [0.4, 0.5) is 4.39 Å². The van der Waals surface area contributed by atoms with E-state index < -0.39 is 11.8 Å². The van der Waals surface area contributed by atoms with Gasteiger partial charge in [-0.1, -0.05) is 17.7 Å². The molecule has 1 N–H and O–H groups in total. The van der Waals surface area contributed by atoms with Crippen molar-refractivity contribution >= 4 is 17.6 Å². The summed E-state index contributed by atoms with van der Waals surface area (Å²) in [5, 5.41) is 9.24. The summed E-state index contributed by atoms with van der Waals surface area (Å²) in [4.78, 5) is 14.7. The topological polar surface area (TPSA) is 59.4 Å². The number of aromatic nitrogens is 1. The van der Waals surface area contributed by atoms with Gasteiger partial charge in [0.1, 0.15) is 11.3 Å². The quantitative estimate of drug-likeness (QED) is 0.926. The Kier molecular flexibility index (Phi) is 3.43. The second-order valence-electron chi connectivity index (χ2n) is 3.36. The number of nitrogens with zero attached hydrogens (tertiary/aromatic N) is 1. The van der Waals surface area contributed by atoms with Crippen molar-refractivity contribution in [1.29, 1.82) is 0 Å². The molecular formula is C12H7ClFNO3. The minimum absolute atomic E-state index is 0.162. The number of para-hydroxylation sites is 1. The Hall–Kier alpha value is -2.14. The Morgan fingerprint density at radius 1 is 1.39 bits per heavy atom. The number of carboxylic acid groups (broad SMARTS) is 1. The molecule has 0 saturated heterocycles. The van der Waals surface area contributed by atoms with Crippen molar-refractivity contribution in [2.24, 2.45) is 0 Å². The predicted molar refractivity (Wildman–Crippen MR) is 62.7 cm³/mol. The van der Waals surface area contributed by atoms with E-state index in [1.165, 1.54) is 30.6 Å². The van der Waals surface area contributed by atoms with E-state index in [0.29, 0.717) is 5.02 Å². The highest BCUT2D eigenvalue weighted by Gasteiger charge is 2.16. The SMILES string of the molecule is O=C(O)c1cccc(F)c1Oc1cncc(Cl)c1. The molecule has 0 unspecified atom stereocenters. The molecule has 2 rings (SSSR count). The highest BCUT2D eigenvalue weighted by Crippen LogP contribution is 2.29. The van der Waals surface area contributed by atoms with Crippen molar-refractivity contribution < 1.29 is 19.0 Å². The van der Waals surface area contributed by atoms with Crippen LogP contribution in [0.25, 0.3) is 0 Å². The zero-order valence-corrected chi connectivity index (χ0v) is 9.69. The van der Waals surface area contributed by atoms with Crippen LogP contribution >= 0.6 is 11.6 Å². The third-order valence-electron chi connectivity index (χ3n) is 2.10. The molecule has 0 spiro atoms. The van der Waals surface area contributed by atoms with Crippen LogP contribution in [-0.2, 0) is 0 Å². The molecule has 0 aliphatic rings. The summed E-state index contributed by atoms with van der Waals surface area (Å²) in [5.41, 5.74) is -0.269. The first-order chi connectivity index (χ1) is 8.58. The molecule has 1 aromatic carbocycles. The normalized spacial score (nSPS) is 10.1. The van der Waals surface area contributed by atoms with E-state index in [1.54, 1.807) is 0 Å². The first kappa shape index (κ1) is 12.3. The number of rotatable bonds is 3. The zero-order chi connectivity index (χ0) is 13.1. The van der Waals surface area contributed by atoms with Gasteiger partial charge in [-0.3, -0.25) is 4.98 Å². The fraction of sp³-hybridized carbons (Fsp3) is 0. The van der Waals surface area contributed by atoms with E-state index in [0.717, 1.165) is 6.07 Å². The maximum atomic E-state index is 13.6. The van der Waals surface area contributed by atoms with Crippen molar-refractivity contribution in [3.05, 3.63) is 53.1 Å². The lowest BCUT2D eigenvalue weighted by atomic mass is 10.2. The number of carboxylic acids is 1. The zero-order valence-electron chi connectivity index (χ0n) is 8.93. The van der Waals surface area contributed by atoms with Crippen LogP contribution < -0.4 is 4.74 Å². The molecular weight excluding hydrogens is 261 g/mol. The van der Waals surface area contributed by atoms with Gasteiger partial charge in [0.05, 0.1) is 11.2 Å². The van der Waals surface area contributed by atoms with Gasteiger partial charge in [0, 0.05) is 12.3 Å². The Bertz CT molecular complexity index is 604. The van der Waals surface area contributed by atoms with Crippen LogP contribution in [0, 0.1) is 5.82 Å². The van der Waals surface area contributed by atoms with Gasteiger partial charge < -0.3 is 9.84 Å². The molecule has 0 amide bonds. The largest absolute Gasteiger partial charge is 0.478 e. The number of hydrogen-bond donors (Lipinski definition) is 1. The van der Waals surface area contributed by atoms with E-state index in [9.17, 15) is 9.18 Å². The summed E-state index contributed by atoms with van der Waals surface area (Å²) in [6.45, 7) is 0. The number of halogens is 2. The summed E-state index contributed by atoms with van der Waals surface area (Å²) in [7, 11) is 0. The molecule has 0 bridgehead atoms. The van der Waals surface area contributed by atoms with E-state index >= 15 is 0 Å². The number of carbonyl (C=O) groups is 1. The van der Waals surface area contributed by atoms with Gasteiger partial charge in [-0.05, 0) is 12.1 Å². The van der Waals surface area contributed by atoms with Crippen molar-refractivity contribution in [1.82, 2.24) is 4.98 Å². The van der Waals surface area contributed by atoms with E-state index in [4.69, 9.17) is 21.4 Å². The van der Waals surface area contributed by atoms with Crippen LogP contribution in [0.3, 0.4) is 0 Å². The first-order valence-electron chi connectivity index (χ1n) is 4.88. The Morgan fingerprint density at radius 3 is 2.83 bits per heavy atom. The molecule has 1 heterocycles. The Labute approximate surface area is 107 Å². The van der Waals surface area contributed by atoms with E-state index in [2.05, 4.69) is 4.98 Å². The monoisotopic (exact) mass is 267 g/mol. The Balaban J connectivity index is 2.42. The van der Waals surface area contributed by atoms with Crippen LogP contribution in [0.1, 0.15) is 10.4 Å². The van der Waals surface area contributed by atoms with Gasteiger partial charge in [0.25, 0.3) is 0 Å². The van der Waals surface area contributed by atoms with E-state index in [-0.39, 0.29) is 17.1 Å². The summed E-state index contributed by atoms with van der Waals surface area (Å²) in [6, 6.07) is 5.06. The Morgan fingerprint density at radius 2 is 2.17 bits per heavy atom. The van der Waals surface area contributed by atoms with Gasteiger partial charge in [-0.15, -0.1) is 0 Å². The molecule has 4 nitrogen and oxygen atoms in total. The van der Waals surface area contributed by atoms with Gasteiger partial charge in [0.2, 0.25) is 0 Å². The summed E-state index contributed by atoms with van der Waals surface area (Å²) in [5.74, 6) is -2.25. The molecule has 1 aromatic heterocycles.